The first-order valence-corrected chi connectivity index (χ1v) is 7.46. The Labute approximate surface area is 130 Å². The zero-order valence-electron chi connectivity index (χ0n) is 12.4. The Morgan fingerprint density at radius 1 is 1.19 bits per heavy atom. The van der Waals surface area contributed by atoms with Crippen LogP contribution in [0.1, 0.15) is 19.3 Å². The largest absolute Gasteiger partial charge is 0.495 e. The van der Waals surface area contributed by atoms with Crippen molar-refractivity contribution < 1.29 is 14.3 Å². The van der Waals surface area contributed by atoms with E-state index in [0.717, 1.165) is 25.9 Å². The van der Waals surface area contributed by atoms with Crippen molar-refractivity contribution in [1.29, 1.82) is 0 Å². The van der Waals surface area contributed by atoms with Crippen molar-refractivity contribution in [1.82, 2.24) is 4.90 Å². The van der Waals surface area contributed by atoms with E-state index < -0.39 is 0 Å². The van der Waals surface area contributed by atoms with Gasteiger partial charge in [-0.25, -0.2) is 0 Å². The molecule has 1 aromatic carbocycles. The highest BCUT2D eigenvalue weighted by Crippen LogP contribution is 2.35. The standard InChI is InChI=1S/C15H21ClN2O3/c1-20-13-9-14(21-2)12(8-11(13)16)17-10-15(19)18-6-4-3-5-7-18/h8-9,17H,3-7,10H2,1-2H3. The van der Waals surface area contributed by atoms with Crippen LogP contribution < -0.4 is 14.8 Å². The molecule has 0 atom stereocenters. The van der Waals surface area contributed by atoms with E-state index in [1.165, 1.54) is 6.42 Å². The number of hydrogen-bond donors (Lipinski definition) is 1. The molecule has 6 heteroatoms. The molecule has 1 heterocycles. The lowest BCUT2D eigenvalue weighted by Gasteiger charge is -2.27. The molecule has 2 rings (SSSR count). The molecule has 5 nitrogen and oxygen atoms in total. The normalized spacial score (nSPS) is 14.7. The van der Waals surface area contributed by atoms with Gasteiger partial charge in [0.2, 0.25) is 5.91 Å². The number of ether oxygens (including phenoxy) is 2. The summed E-state index contributed by atoms with van der Waals surface area (Å²) in [6, 6.07) is 3.42. The fourth-order valence-electron chi connectivity index (χ4n) is 2.42. The molecule has 1 aliphatic rings. The van der Waals surface area contributed by atoms with Gasteiger partial charge in [0.05, 0.1) is 31.5 Å². The van der Waals surface area contributed by atoms with E-state index in [1.807, 2.05) is 4.90 Å². The summed E-state index contributed by atoms with van der Waals surface area (Å²) in [5, 5.41) is 3.58. The van der Waals surface area contributed by atoms with Gasteiger partial charge < -0.3 is 19.7 Å². The summed E-state index contributed by atoms with van der Waals surface area (Å²) in [6.07, 6.45) is 3.38. The van der Waals surface area contributed by atoms with Crippen molar-refractivity contribution in [3.8, 4) is 11.5 Å². The SMILES string of the molecule is COc1cc(OC)c(NCC(=O)N2CCCCC2)cc1Cl. The number of rotatable bonds is 5. The van der Waals surface area contributed by atoms with Crippen molar-refractivity contribution in [2.75, 3.05) is 39.2 Å². The molecule has 116 valence electrons. The number of benzene rings is 1. The molecular weight excluding hydrogens is 292 g/mol. The molecule has 0 spiro atoms. The molecule has 1 saturated heterocycles. The summed E-state index contributed by atoms with van der Waals surface area (Å²) in [5.74, 6) is 1.24. The third kappa shape index (κ3) is 3.94. The van der Waals surface area contributed by atoms with Crippen LogP contribution in [-0.2, 0) is 4.79 Å². The maximum Gasteiger partial charge on any atom is 0.241 e. The van der Waals surface area contributed by atoms with E-state index in [1.54, 1.807) is 26.4 Å². The van der Waals surface area contributed by atoms with Gasteiger partial charge in [-0.05, 0) is 25.3 Å². The predicted molar refractivity (Wildman–Crippen MR) is 83.5 cm³/mol. The van der Waals surface area contributed by atoms with E-state index in [9.17, 15) is 4.79 Å². The first-order chi connectivity index (χ1) is 10.2. The van der Waals surface area contributed by atoms with E-state index in [4.69, 9.17) is 21.1 Å². The highest BCUT2D eigenvalue weighted by atomic mass is 35.5. The Balaban J connectivity index is 2.01. The fraction of sp³-hybridized carbons (Fsp3) is 0.533. The number of amides is 1. The Bertz CT molecular complexity index is 502. The predicted octanol–water partition coefficient (Wildman–Crippen LogP) is 2.78. The number of carbonyl (C=O) groups is 1. The first kappa shape index (κ1) is 15.8. The molecule has 1 fully saturated rings. The second-order valence-electron chi connectivity index (χ2n) is 4.98. The second kappa shape index (κ2) is 7.41. The van der Waals surface area contributed by atoms with E-state index in [2.05, 4.69) is 5.32 Å². The minimum Gasteiger partial charge on any atom is -0.495 e. The monoisotopic (exact) mass is 312 g/mol. The number of hydrogen-bond acceptors (Lipinski definition) is 4. The highest BCUT2D eigenvalue weighted by molar-refractivity contribution is 6.32. The first-order valence-electron chi connectivity index (χ1n) is 7.09. The summed E-state index contributed by atoms with van der Waals surface area (Å²) < 4.78 is 10.4. The average Bonchev–Trinajstić information content (AvgIpc) is 2.53. The van der Waals surface area contributed by atoms with E-state index in [0.29, 0.717) is 22.2 Å². The quantitative estimate of drug-likeness (QED) is 0.908. The number of halogens is 1. The van der Waals surface area contributed by atoms with Gasteiger partial charge in [-0.15, -0.1) is 0 Å². The third-order valence-electron chi connectivity index (χ3n) is 3.61. The summed E-state index contributed by atoms with van der Waals surface area (Å²) in [6.45, 7) is 1.93. The topological polar surface area (TPSA) is 50.8 Å². The molecule has 0 unspecified atom stereocenters. The van der Waals surface area contributed by atoms with E-state index in [-0.39, 0.29) is 12.5 Å². The van der Waals surface area contributed by atoms with Crippen LogP contribution in [0.15, 0.2) is 12.1 Å². The number of anilines is 1. The smallest absolute Gasteiger partial charge is 0.241 e. The summed E-state index contributed by atoms with van der Waals surface area (Å²) in [4.78, 5) is 14.0. The highest BCUT2D eigenvalue weighted by Gasteiger charge is 2.17. The van der Waals surface area contributed by atoms with Crippen molar-refractivity contribution in [3.05, 3.63) is 17.2 Å². The van der Waals surface area contributed by atoms with Gasteiger partial charge in [-0.3, -0.25) is 4.79 Å². The summed E-state index contributed by atoms with van der Waals surface area (Å²) in [5.41, 5.74) is 0.689. The molecule has 1 aliphatic heterocycles. The van der Waals surface area contributed by atoms with Gasteiger partial charge in [0.15, 0.2) is 0 Å². The minimum atomic E-state index is 0.101. The molecule has 0 radical (unpaired) electrons. The van der Waals surface area contributed by atoms with E-state index >= 15 is 0 Å². The molecule has 1 N–H and O–H groups in total. The Morgan fingerprint density at radius 3 is 2.48 bits per heavy atom. The number of carbonyl (C=O) groups excluding carboxylic acids is 1. The number of piperidine rings is 1. The van der Waals surface area contributed by atoms with Gasteiger partial charge in [0, 0.05) is 19.2 Å². The maximum absolute atomic E-state index is 12.1. The van der Waals surface area contributed by atoms with Crippen molar-refractivity contribution in [3.63, 3.8) is 0 Å². The van der Waals surface area contributed by atoms with Crippen LogP contribution in [0.4, 0.5) is 5.69 Å². The minimum absolute atomic E-state index is 0.101. The van der Waals surface area contributed by atoms with Crippen LogP contribution in [0.2, 0.25) is 5.02 Å². The van der Waals surface area contributed by atoms with Crippen molar-refractivity contribution in [2.45, 2.75) is 19.3 Å². The van der Waals surface area contributed by atoms with Crippen LogP contribution in [0.25, 0.3) is 0 Å². The number of likely N-dealkylation sites (tertiary alicyclic amines) is 1. The number of methoxy groups -OCH3 is 2. The van der Waals surface area contributed by atoms with Crippen molar-refractivity contribution >= 4 is 23.2 Å². The van der Waals surface area contributed by atoms with Gasteiger partial charge >= 0.3 is 0 Å². The fourth-order valence-corrected chi connectivity index (χ4v) is 2.66. The van der Waals surface area contributed by atoms with Gasteiger partial charge in [0.25, 0.3) is 0 Å². The maximum atomic E-state index is 12.1. The lowest BCUT2D eigenvalue weighted by Crippen LogP contribution is -2.39. The molecule has 0 aromatic heterocycles. The Hall–Kier alpha value is -1.62. The molecular formula is C15H21ClN2O3. The van der Waals surface area contributed by atoms with Crippen LogP contribution >= 0.6 is 11.6 Å². The summed E-state index contributed by atoms with van der Waals surface area (Å²) in [7, 11) is 3.12. The lowest BCUT2D eigenvalue weighted by atomic mass is 10.1. The van der Waals surface area contributed by atoms with Crippen LogP contribution in [0.3, 0.4) is 0 Å². The zero-order valence-corrected chi connectivity index (χ0v) is 13.2. The lowest BCUT2D eigenvalue weighted by molar-refractivity contribution is -0.130. The Kier molecular flexibility index (Phi) is 5.56. The van der Waals surface area contributed by atoms with Crippen LogP contribution in [-0.4, -0.2) is 44.7 Å². The third-order valence-corrected chi connectivity index (χ3v) is 3.91. The molecule has 1 amide bonds. The molecule has 1 aromatic rings. The Morgan fingerprint density at radius 2 is 1.86 bits per heavy atom. The zero-order chi connectivity index (χ0) is 15.2. The van der Waals surface area contributed by atoms with Crippen LogP contribution in [0.5, 0.6) is 11.5 Å². The molecule has 0 aliphatic carbocycles. The van der Waals surface area contributed by atoms with Crippen LogP contribution in [0, 0.1) is 0 Å². The summed E-state index contributed by atoms with van der Waals surface area (Å²) >= 11 is 6.11. The van der Waals surface area contributed by atoms with Gasteiger partial charge in [-0.2, -0.15) is 0 Å². The van der Waals surface area contributed by atoms with Gasteiger partial charge in [-0.1, -0.05) is 11.6 Å². The number of nitrogens with one attached hydrogen (secondary N) is 1. The average molecular weight is 313 g/mol. The molecule has 21 heavy (non-hydrogen) atoms. The molecule has 0 bridgehead atoms. The second-order valence-corrected chi connectivity index (χ2v) is 5.39. The number of nitrogens with zero attached hydrogens (tertiary/aromatic N) is 1. The molecule has 0 saturated carbocycles. The van der Waals surface area contributed by atoms with Crippen molar-refractivity contribution in [2.24, 2.45) is 0 Å². The van der Waals surface area contributed by atoms with Gasteiger partial charge in [0.1, 0.15) is 11.5 Å².